The molecule has 0 atom stereocenters. The Morgan fingerprint density at radius 2 is 1.75 bits per heavy atom. The zero-order valence-electron chi connectivity index (χ0n) is 10.8. The maximum Gasteiger partial charge on any atom is 0.122 e. The van der Waals surface area contributed by atoms with Crippen molar-refractivity contribution >= 4 is 5.84 Å². The highest BCUT2D eigenvalue weighted by molar-refractivity contribution is 5.95. The van der Waals surface area contributed by atoms with E-state index in [1.807, 2.05) is 32.9 Å². The molecule has 0 heterocycles. The number of benzene rings is 1. The van der Waals surface area contributed by atoms with E-state index in [1.54, 1.807) is 13.2 Å². The summed E-state index contributed by atoms with van der Waals surface area (Å²) in [5.74, 6) is 0.903. The average Bonchev–Trinajstić information content (AvgIpc) is 2.34. The third-order valence-corrected chi connectivity index (χ3v) is 1.71. The maximum absolute atomic E-state index is 7.20. The molecule has 1 rings (SSSR count). The normalized spacial score (nSPS) is 7.88. The molecule has 5 N–H and O–H groups in total. The van der Waals surface area contributed by atoms with Gasteiger partial charge in [0.2, 0.25) is 0 Å². The molecule has 0 aliphatic heterocycles. The first-order valence-corrected chi connectivity index (χ1v) is 5.22. The van der Waals surface area contributed by atoms with Gasteiger partial charge in [-0.05, 0) is 37.7 Å². The van der Waals surface area contributed by atoms with Crippen LogP contribution in [0.3, 0.4) is 0 Å². The number of nitrogens with one attached hydrogen (secondary N) is 1. The third kappa shape index (κ3) is 5.36. The Morgan fingerprint density at radius 1 is 1.25 bits per heavy atom. The lowest BCUT2D eigenvalue weighted by atomic mass is 10.1. The van der Waals surface area contributed by atoms with Gasteiger partial charge in [-0.3, -0.25) is 5.41 Å². The number of nitrogens with two attached hydrogens (primary N) is 2. The first kappa shape index (κ1) is 16.9. The molecule has 0 fully saturated rings. The van der Waals surface area contributed by atoms with Gasteiger partial charge >= 0.3 is 0 Å². The van der Waals surface area contributed by atoms with Gasteiger partial charge in [-0.1, -0.05) is 13.8 Å². The lowest BCUT2D eigenvalue weighted by Crippen LogP contribution is -2.11. The molecule has 0 aliphatic rings. The fourth-order valence-corrected chi connectivity index (χ4v) is 1.05. The Balaban J connectivity index is 0. The van der Waals surface area contributed by atoms with Crippen LogP contribution in [-0.4, -0.2) is 20.0 Å². The van der Waals surface area contributed by atoms with Crippen molar-refractivity contribution in [3.63, 3.8) is 0 Å². The number of rotatable bonds is 2. The van der Waals surface area contributed by atoms with Gasteiger partial charge in [0.1, 0.15) is 11.6 Å². The number of hydrogen-bond acceptors (Lipinski definition) is 3. The van der Waals surface area contributed by atoms with Crippen LogP contribution in [0.1, 0.15) is 25.0 Å². The second-order valence-electron chi connectivity index (χ2n) is 2.60. The monoisotopic (exact) mass is 225 g/mol. The molecule has 0 saturated heterocycles. The Labute approximate surface area is 98.1 Å². The topological polar surface area (TPSA) is 85.1 Å². The lowest BCUT2D eigenvalue weighted by Gasteiger charge is -2.05. The predicted molar refractivity (Wildman–Crippen MR) is 70.2 cm³/mol. The molecular formula is C12H23N3O. The maximum atomic E-state index is 7.20. The van der Waals surface area contributed by atoms with Crippen molar-refractivity contribution < 1.29 is 4.74 Å². The zero-order chi connectivity index (χ0) is 13.1. The van der Waals surface area contributed by atoms with Gasteiger partial charge in [0.15, 0.2) is 0 Å². The molecule has 4 heteroatoms. The van der Waals surface area contributed by atoms with Crippen LogP contribution in [0.2, 0.25) is 0 Å². The van der Waals surface area contributed by atoms with Crippen molar-refractivity contribution in [2.45, 2.75) is 20.8 Å². The molecule has 92 valence electrons. The number of nitrogen functional groups attached to an aromatic ring is 1. The van der Waals surface area contributed by atoms with E-state index in [2.05, 4.69) is 5.73 Å². The summed E-state index contributed by atoms with van der Waals surface area (Å²) in [4.78, 5) is 0. The molecule has 0 aromatic heterocycles. The summed E-state index contributed by atoms with van der Waals surface area (Å²) in [5.41, 5.74) is 11.5. The Kier molecular flexibility index (Phi) is 10.5. The van der Waals surface area contributed by atoms with Crippen molar-refractivity contribution in [3.8, 4) is 5.75 Å². The second kappa shape index (κ2) is 9.98. The standard InChI is InChI=1S/C9H12N2O.C2H6.CH5N/c1-6-5-7(9(10)11)3-4-8(6)12-2;2*1-2/h3-5H,1-2H3,(H3,10,11);1-2H3;2H2,1H3. The number of ether oxygens (including phenoxy) is 1. The molecule has 0 spiro atoms. The smallest absolute Gasteiger partial charge is 0.122 e. The van der Waals surface area contributed by atoms with Crippen LogP contribution in [0, 0.1) is 12.3 Å². The minimum Gasteiger partial charge on any atom is -0.496 e. The Hall–Kier alpha value is -1.55. The minimum absolute atomic E-state index is 0.0840. The van der Waals surface area contributed by atoms with Crippen LogP contribution >= 0.6 is 0 Å². The minimum atomic E-state index is 0.0840. The summed E-state index contributed by atoms with van der Waals surface area (Å²) in [6, 6.07) is 5.42. The number of aryl methyl sites for hydroxylation is 1. The van der Waals surface area contributed by atoms with Crippen LogP contribution in [0.5, 0.6) is 5.75 Å². The second-order valence-corrected chi connectivity index (χ2v) is 2.60. The summed E-state index contributed by atoms with van der Waals surface area (Å²) in [7, 11) is 3.12. The number of methoxy groups -OCH3 is 1. The van der Waals surface area contributed by atoms with Crippen molar-refractivity contribution in [2.24, 2.45) is 11.5 Å². The van der Waals surface area contributed by atoms with Crippen molar-refractivity contribution in [1.29, 1.82) is 5.41 Å². The van der Waals surface area contributed by atoms with E-state index >= 15 is 0 Å². The van der Waals surface area contributed by atoms with E-state index in [0.29, 0.717) is 0 Å². The van der Waals surface area contributed by atoms with E-state index in [9.17, 15) is 0 Å². The van der Waals surface area contributed by atoms with E-state index < -0.39 is 0 Å². The molecule has 16 heavy (non-hydrogen) atoms. The first-order valence-electron chi connectivity index (χ1n) is 5.22. The lowest BCUT2D eigenvalue weighted by molar-refractivity contribution is 0.411. The summed E-state index contributed by atoms with van der Waals surface area (Å²) in [6.45, 7) is 5.92. The zero-order valence-corrected chi connectivity index (χ0v) is 10.8. The first-order chi connectivity index (χ1) is 7.65. The van der Waals surface area contributed by atoms with Gasteiger partial charge in [-0.15, -0.1) is 0 Å². The van der Waals surface area contributed by atoms with Crippen LogP contribution in [0.4, 0.5) is 0 Å². The van der Waals surface area contributed by atoms with Crippen molar-refractivity contribution in [1.82, 2.24) is 0 Å². The average molecular weight is 225 g/mol. The van der Waals surface area contributed by atoms with E-state index in [0.717, 1.165) is 16.9 Å². The largest absolute Gasteiger partial charge is 0.496 e. The van der Waals surface area contributed by atoms with Gasteiger partial charge in [0.05, 0.1) is 7.11 Å². The quantitative estimate of drug-likeness (QED) is 0.530. The van der Waals surface area contributed by atoms with Crippen LogP contribution in [-0.2, 0) is 0 Å². The van der Waals surface area contributed by atoms with E-state index in [4.69, 9.17) is 15.9 Å². The van der Waals surface area contributed by atoms with Crippen molar-refractivity contribution in [2.75, 3.05) is 14.2 Å². The van der Waals surface area contributed by atoms with Gasteiger partial charge in [-0.25, -0.2) is 0 Å². The molecule has 1 aromatic carbocycles. The van der Waals surface area contributed by atoms with Crippen LogP contribution in [0.25, 0.3) is 0 Å². The summed E-state index contributed by atoms with van der Waals surface area (Å²) >= 11 is 0. The van der Waals surface area contributed by atoms with Gasteiger partial charge in [-0.2, -0.15) is 0 Å². The summed E-state index contributed by atoms with van der Waals surface area (Å²) in [6.07, 6.45) is 0. The molecule has 0 bridgehead atoms. The third-order valence-electron chi connectivity index (χ3n) is 1.71. The fourth-order valence-electron chi connectivity index (χ4n) is 1.05. The molecule has 0 amide bonds. The van der Waals surface area contributed by atoms with Gasteiger partial charge in [0, 0.05) is 5.56 Å². The number of hydrogen-bond donors (Lipinski definition) is 3. The summed E-state index contributed by atoms with van der Waals surface area (Å²) in [5, 5.41) is 7.20. The van der Waals surface area contributed by atoms with E-state index in [1.165, 1.54) is 7.05 Å². The Morgan fingerprint density at radius 3 is 2.06 bits per heavy atom. The van der Waals surface area contributed by atoms with Crippen molar-refractivity contribution in [3.05, 3.63) is 29.3 Å². The highest BCUT2D eigenvalue weighted by Gasteiger charge is 2.00. The van der Waals surface area contributed by atoms with Gasteiger partial charge in [0.25, 0.3) is 0 Å². The predicted octanol–water partition coefficient (Wildman–Crippen LogP) is 1.89. The number of amidine groups is 1. The molecule has 0 aliphatic carbocycles. The van der Waals surface area contributed by atoms with E-state index in [-0.39, 0.29) is 5.84 Å². The van der Waals surface area contributed by atoms with Gasteiger partial charge < -0.3 is 16.2 Å². The fraction of sp³-hybridized carbons (Fsp3) is 0.417. The molecule has 1 aromatic rings. The van der Waals surface area contributed by atoms with Crippen LogP contribution < -0.4 is 16.2 Å². The molecular weight excluding hydrogens is 202 g/mol. The van der Waals surface area contributed by atoms with Crippen LogP contribution in [0.15, 0.2) is 18.2 Å². The Bertz CT molecular complexity index is 311. The molecule has 0 unspecified atom stereocenters. The molecule has 4 nitrogen and oxygen atoms in total. The SMILES string of the molecule is CC.CN.COc1ccc(C(=N)N)cc1C. The highest BCUT2D eigenvalue weighted by Crippen LogP contribution is 2.17. The summed E-state index contributed by atoms with van der Waals surface area (Å²) < 4.78 is 5.07. The molecule has 0 radical (unpaired) electrons. The molecule has 0 saturated carbocycles. The highest BCUT2D eigenvalue weighted by atomic mass is 16.5.